The third kappa shape index (κ3) is 13.8. The number of hydrogen-bond acceptors (Lipinski definition) is 6. The fourth-order valence-corrected chi connectivity index (χ4v) is 10.7. The maximum absolute atomic E-state index is 11.6. The molecule has 2 N–H and O–H groups in total. The lowest BCUT2D eigenvalue weighted by atomic mass is 9.94. The molecule has 2 heterocycles. The van der Waals surface area contributed by atoms with E-state index in [0.29, 0.717) is 9.75 Å². The summed E-state index contributed by atoms with van der Waals surface area (Å²) >= 11 is 2.85. The molecule has 0 aliphatic rings. The van der Waals surface area contributed by atoms with E-state index < -0.39 is 11.9 Å². The second kappa shape index (κ2) is 25.6. The van der Waals surface area contributed by atoms with Crippen LogP contribution >= 0.6 is 22.7 Å². The monoisotopic (exact) mass is 1060 g/mol. The van der Waals surface area contributed by atoms with Crippen molar-refractivity contribution in [3.63, 3.8) is 0 Å². The van der Waals surface area contributed by atoms with Gasteiger partial charge in [0.15, 0.2) is 0 Å². The van der Waals surface area contributed by atoms with Crippen LogP contribution in [0.2, 0.25) is 0 Å². The predicted octanol–water partition coefficient (Wildman–Crippen LogP) is 18.1. The van der Waals surface area contributed by atoms with Gasteiger partial charge in [0.1, 0.15) is 11.6 Å². The van der Waals surface area contributed by atoms with E-state index in [1.54, 1.807) is 6.07 Å². The molecule has 9 heteroatoms. The van der Waals surface area contributed by atoms with E-state index in [9.17, 15) is 25.1 Å². The minimum absolute atomic E-state index is 0.316. The topological polar surface area (TPSA) is 106 Å². The molecule has 0 amide bonds. The van der Waals surface area contributed by atoms with Crippen molar-refractivity contribution in [2.75, 3.05) is 4.90 Å². The molecule has 9 rings (SSSR count). The Morgan fingerprint density at radius 2 is 0.886 bits per heavy atom. The zero-order valence-corrected chi connectivity index (χ0v) is 44.8. The number of hydrogen-bond donors (Lipinski definition) is 2. The fourth-order valence-electron chi connectivity index (χ4n) is 8.70. The molecule has 0 unspecified atom stereocenters. The van der Waals surface area contributed by atoms with Gasteiger partial charge >= 0.3 is 11.9 Å². The average molecular weight is 1060 g/mol. The van der Waals surface area contributed by atoms with E-state index in [2.05, 4.69) is 175 Å². The molecule has 79 heavy (non-hydrogen) atoms. The van der Waals surface area contributed by atoms with Crippen LogP contribution in [-0.2, 0) is 9.59 Å². The molecule has 7 nitrogen and oxygen atoms in total. The van der Waals surface area contributed by atoms with Gasteiger partial charge in [-0.1, -0.05) is 193 Å². The SMILES string of the molecule is [C-]#[N+]/C(=C\c1ccc(/C(=C/C=C/c2ccc(N(c3ccc(C=C(c4ccc(C)cc4)c4ccc(C)cc4)cc3)c3ccc(/C=C/C=C(/c4ccccc4)c4ccc(/C=C(\C#N)C(=O)O)s4)cc3)cc2)c2ccccc2)s1)C(=O)O. The first-order valence-corrected chi connectivity index (χ1v) is 26.9. The van der Waals surface area contributed by atoms with E-state index in [1.165, 1.54) is 46.0 Å². The number of carbonyl (C=O) groups is 2. The normalized spacial score (nSPS) is 12.1. The summed E-state index contributed by atoms with van der Waals surface area (Å²) in [4.78, 5) is 31.8. The number of anilines is 3. The van der Waals surface area contributed by atoms with Gasteiger partial charge < -0.3 is 15.1 Å². The highest BCUT2D eigenvalue weighted by Gasteiger charge is 2.16. The molecule has 0 aliphatic carbocycles. The quantitative estimate of drug-likeness (QED) is 0.0292. The Morgan fingerprint density at radius 1 is 0.481 bits per heavy atom. The first-order chi connectivity index (χ1) is 38.5. The highest BCUT2D eigenvalue weighted by Crippen LogP contribution is 2.37. The Balaban J connectivity index is 1.04. The van der Waals surface area contributed by atoms with Crippen molar-refractivity contribution in [2.45, 2.75) is 13.8 Å². The van der Waals surface area contributed by atoms with Gasteiger partial charge in [0.05, 0.1) is 6.57 Å². The Morgan fingerprint density at radius 3 is 1.28 bits per heavy atom. The largest absolute Gasteiger partial charge is 0.486 e. The van der Waals surface area contributed by atoms with Gasteiger partial charge in [0.2, 0.25) is 0 Å². The molecule has 0 aliphatic heterocycles. The molecular formula is C70H51N3O4S2. The number of aryl methyl sites for hydroxylation is 2. The summed E-state index contributed by atoms with van der Waals surface area (Å²) < 4.78 is 0. The van der Waals surface area contributed by atoms with Gasteiger partial charge in [-0.3, -0.25) is 4.79 Å². The van der Waals surface area contributed by atoms with Crippen LogP contribution in [0.15, 0.2) is 242 Å². The van der Waals surface area contributed by atoms with Gasteiger partial charge in [0.25, 0.3) is 5.70 Å². The molecule has 0 saturated carbocycles. The van der Waals surface area contributed by atoms with Crippen LogP contribution in [-0.4, -0.2) is 22.2 Å². The zero-order chi connectivity index (χ0) is 55.1. The number of nitrogens with zero attached hydrogens (tertiary/aromatic N) is 3. The van der Waals surface area contributed by atoms with Crippen molar-refractivity contribution in [2.24, 2.45) is 0 Å². The Kier molecular flexibility index (Phi) is 17.4. The molecule has 382 valence electrons. The van der Waals surface area contributed by atoms with Crippen LogP contribution in [0.4, 0.5) is 17.1 Å². The fraction of sp³-hybridized carbons (Fsp3) is 0.0286. The van der Waals surface area contributed by atoms with Crippen molar-refractivity contribution in [1.29, 1.82) is 5.26 Å². The molecule has 0 saturated heterocycles. The summed E-state index contributed by atoms with van der Waals surface area (Å²) in [5, 5.41) is 28.2. The van der Waals surface area contributed by atoms with Crippen molar-refractivity contribution >= 4 is 98.8 Å². The van der Waals surface area contributed by atoms with Gasteiger partial charge in [0, 0.05) is 36.6 Å². The lowest BCUT2D eigenvalue weighted by molar-refractivity contribution is -0.133. The molecule has 9 aromatic rings. The highest BCUT2D eigenvalue weighted by molar-refractivity contribution is 7.14. The van der Waals surface area contributed by atoms with Gasteiger partial charge in [-0.15, -0.1) is 22.7 Å². The van der Waals surface area contributed by atoms with Crippen LogP contribution in [0.25, 0.3) is 51.9 Å². The number of aliphatic carboxylic acids is 2. The van der Waals surface area contributed by atoms with Gasteiger partial charge in [-0.2, -0.15) is 5.26 Å². The number of benzene rings is 7. The number of carboxylic acids is 2. The summed E-state index contributed by atoms with van der Waals surface area (Å²) in [7, 11) is 0. The molecule has 0 fully saturated rings. The lowest BCUT2D eigenvalue weighted by Crippen LogP contribution is -2.09. The number of carboxylic acid groups (broad SMARTS) is 2. The zero-order valence-electron chi connectivity index (χ0n) is 43.2. The Bertz CT molecular complexity index is 3700. The lowest BCUT2D eigenvalue weighted by Gasteiger charge is -2.26. The number of thiophene rings is 2. The first kappa shape index (κ1) is 53.7. The molecular weight excluding hydrogens is 1010 g/mol. The standard InChI is InChI=1S/C70H51N3O4S2/c1-48-20-30-55(31-21-48)65(56-32-22-49(2)23-33-56)44-52-28-38-60(39-29-52)73(58-34-24-50(25-35-58)12-10-18-63(53-14-6-4-7-15-53)67-42-40-61(78-67)45-57(47-71)69(74)75)59-36-26-51(27-37-59)13-11-19-64(54-16-8-5-9-17-54)68-43-41-62(79-68)46-66(72-3)70(76)77/h4-46H,1-2H3,(H,74,75)(H,76,77)/b12-10+,13-11+,57-45+,63-18-,64-19+,66-46-. The summed E-state index contributed by atoms with van der Waals surface area (Å²) in [6.45, 7) is 11.5. The molecule has 0 bridgehead atoms. The minimum atomic E-state index is -1.26. The van der Waals surface area contributed by atoms with E-state index in [4.69, 9.17) is 6.57 Å². The molecule has 0 atom stereocenters. The van der Waals surface area contributed by atoms with Crippen LogP contribution in [0.3, 0.4) is 0 Å². The summed E-state index contributed by atoms with van der Waals surface area (Å²) in [5.41, 5.74) is 15.1. The smallest absolute Gasteiger partial charge is 0.346 e. The molecule has 0 spiro atoms. The average Bonchev–Trinajstić information content (AvgIpc) is 4.19. The van der Waals surface area contributed by atoms with Crippen LogP contribution in [0.1, 0.15) is 69.6 Å². The summed E-state index contributed by atoms with van der Waals surface area (Å²) in [6.07, 6.45) is 17.3. The van der Waals surface area contributed by atoms with Gasteiger partial charge in [-0.05, 0) is 148 Å². The maximum atomic E-state index is 11.6. The molecule has 0 radical (unpaired) electrons. The Hall–Kier alpha value is -10.2. The van der Waals surface area contributed by atoms with E-state index in [-0.39, 0.29) is 11.3 Å². The van der Waals surface area contributed by atoms with Crippen LogP contribution in [0, 0.1) is 31.8 Å². The summed E-state index contributed by atoms with van der Waals surface area (Å²) in [5.74, 6) is -2.51. The van der Waals surface area contributed by atoms with E-state index in [0.717, 1.165) is 82.5 Å². The number of rotatable bonds is 18. The van der Waals surface area contributed by atoms with Crippen molar-refractivity contribution in [1.82, 2.24) is 0 Å². The van der Waals surface area contributed by atoms with Gasteiger partial charge in [-0.25, -0.2) is 9.64 Å². The predicted molar refractivity (Wildman–Crippen MR) is 328 cm³/mol. The van der Waals surface area contributed by atoms with Crippen LogP contribution in [0.5, 0.6) is 0 Å². The van der Waals surface area contributed by atoms with Crippen LogP contribution < -0.4 is 4.90 Å². The van der Waals surface area contributed by atoms with E-state index >= 15 is 0 Å². The first-order valence-electron chi connectivity index (χ1n) is 25.2. The molecule has 7 aromatic carbocycles. The third-order valence-corrected chi connectivity index (χ3v) is 14.9. The third-order valence-electron chi connectivity index (χ3n) is 12.8. The highest BCUT2D eigenvalue weighted by atomic mass is 32.1. The Labute approximate surface area is 468 Å². The summed E-state index contributed by atoms with van der Waals surface area (Å²) in [6, 6.07) is 72.2. The number of allylic oxidation sites excluding steroid dienone is 4. The van der Waals surface area contributed by atoms with E-state index in [1.807, 2.05) is 97.1 Å². The van der Waals surface area contributed by atoms with Crippen molar-refractivity contribution in [3.8, 4) is 6.07 Å². The molecule has 2 aromatic heterocycles. The second-order valence-electron chi connectivity index (χ2n) is 18.3. The second-order valence-corrected chi connectivity index (χ2v) is 20.6. The van der Waals surface area contributed by atoms with Crippen molar-refractivity contribution < 1.29 is 19.8 Å². The minimum Gasteiger partial charge on any atom is -0.486 e. The number of nitriles is 1. The maximum Gasteiger partial charge on any atom is 0.346 e. The van der Waals surface area contributed by atoms with Crippen molar-refractivity contribution in [3.05, 3.63) is 323 Å².